The van der Waals surface area contributed by atoms with Gasteiger partial charge in [-0.1, -0.05) is 12.1 Å². The molecule has 0 heterocycles. The monoisotopic (exact) mass is 229 g/mol. The summed E-state index contributed by atoms with van der Waals surface area (Å²) in [4.78, 5) is 2.32. The maximum atomic E-state index is 5.25. The minimum atomic E-state index is 0. The number of rotatable bonds is 5. The molecule has 1 aromatic carbocycles. The van der Waals surface area contributed by atoms with Gasteiger partial charge >= 0.3 is 0 Å². The molecule has 0 aromatic heterocycles. The summed E-state index contributed by atoms with van der Waals surface area (Å²) in [7, 11) is 0. The van der Waals surface area contributed by atoms with Gasteiger partial charge in [0.15, 0.2) is 0 Å². The van der Waals surface area contributed by atoms with Gasteiger partial charge in [-0.25, -0.2) is 0 Å². The van der Waals surface area contributed by atoms with Crippen molar-refractivity contribution in [1.82, 2.24) is 5.43 Å². The Morgan fingerprint density at radius 1 is 1.13 bits per heavy atom. The van der Waals surface area contributed by atoms with Gasteiger partial charge in [-0.15, -0.1) is 12.4 Å². The van der Waals surface area contributed by atoms with E-state index in [1.165, 1.54) is 11.3 Å². The molecular weight excluding hydrogens is 210 g/mol. The molecule has 0 bridgehead atoms. The fourth-order valence-electron chi connectivity index (χ4n) is 1.53. The predicted molar refractivity (Wildman–Crippen MR) is 68.3 cm³/mol. The summed E-state index contributed by atoms with van der Waals surface area (Å²) < 4.78 is 0. The SMILES string of the molecule is CCN(CC)c1ccc(CNN)cc1.Cl. The van der Waals surface area contributed by atoms with E-state index in [-0.39, 0.29) is 12.4 Å². The van der Waals surface area contributed by atoms with E-state index in [1.54, 1.807) is 0 Å². The third kappa shape index (κ3) is 4.08. The fraction of sp³-hybridized carbons (Fsp3) is 0.455. The first-order chi connectivity index (χ1) is 6.81. The highest BCUT2D eigenvalue weighted by molar-refractivity contribution is 5.85. The Bertz CT molecular complexity index is 257. The number of nitrogens with one attached hydrogen (secondary N) is 1. The van der Waals surface area contributed by atoms with E-state index in [2.05, 4.69) is 48.4 Å². The Labute approximate surface area is 98.0 Å². The molecule has 1 aromatic rings. The molecule has 3 nitrogen and oxygen atoms in total. The minimum absolute atomic E-state index is 0. The van der Waals surface area contributed by atoms with Crippen LogP contribution < -0.4 is 16.2 Å². The van der Waals surface area contributed by atoms with Crippen molar-refractivity contribution in [3.8, 4) is 0 Å². The van der Waals surface area contributed by atoms with Gasteiger partial charge in [0.2, 0.25) is 0 Å². The van der Waals surface area contributed by atoms with Crippen LogP contribution in [-0.4, -0.2) is 13.1 Å². The van der Waals surface area contributed by atoms with Crippen molar-refractivity contribution >= 4 is 18.1 Å². The summed E-state index contributed by atoms with van der Waals surface area (Å²) in [6.45, 7) is 7.15. The highest BCUT2D eigenvalue weighted by Gasteiger charge is 2.00. The molecule has 0 aliphatic carbocycles. The zero-order chi connectivity index (χ0) is 10.4. The molecule has 1 rings (SSSR count). The van der Waals surface area contributed by atoms with Crippen LogP contribution in [0.1, 0.15) is 19.4 Å². The molecule has 0 radical (unpaired) electrons. The highest BCUT2D eigenvalue weighted by Crippen LogP contribution is 2.14. The number of halogens is 1. The van der Waals surface area contributed by atoms with Crippen molar-refractivity contribution in [3.63, 3.8) is 0 Å². The Balaban J connectivity index is 0.00000196. The lowest BCUT2D eigenvalue weighted by molar-refractivity contribution is 0.741. The van der Waals surface area contributed by atoms with Crippen molar-refractivity contribution in [3.05, 3.63) is 29.8 Å². The summed E-state index contributed by atoms with van der Waals surface area (Å²) >= 11 is 0. The molecule has 0 aliphatic rings. The van der Waals surface area contributed by atoms with E-state index in [0.29, 0.717) is 0 Å². The summed E-state index contributed by atoms with van der Waals surface area (Å²) in [5, 5.41) is 0. The fourth-order valence-corrected chi connectivity index (χ4v) is 1.53. The largest absolute Gasteiger partial charge is 0.372 e. The van der Waals surface area contributed by atoms with Crippen LogP contribution in [0.2, 0.25) is 0 Å². The van der Waals surface area contributed by atoms with Crippen LogP contribution in [0.25, 0.3) is 0 Å². The topological polar surface area (TPSA) is 41.3 Å². The van der Waals surface area contributed by atoms with Gasteiger partial charge in [-0.2, -0.15) is 0 Å². The lowest BCUT2D eigenvalue weighted by atomic mass is 10.2. The van der Waals surface area contributed by atoms with Crippen molar-refractivity contribution in [2.45, 2.75) is 20.4 Å². The molecule has 0 spiro atoms. The number of nitrogens with zero attached hydrogens (tertiary/aromatic N) is 1. The van der Waals surface area contributed by atoms with E-state index in [1.807, 2.05) is 0 Å². The second-order valence-electron chi connectivity index (χ2n) is 3.22. The van der Waals surface area contributed by atoms with E-state index < -0.39 is 0 Å². The molecule has 0 amide bonds. The van der Waals surface area contributed by atoms with Crippen LogP contribution in [0.15, 0.2) is 24.3 Å². The molecule has 0 atom stereocenters. The van der Waals surface area contributed by atoms with Gasteiger partial charge in [0, 0.05) is 25.3 Å². The van der Waals surface area contributed by atoms with E-state index in [0.717, 1.165) is 19.6 Å². The molecule has 15 heavy (non-hydrogen) atoms. The molecule has 0 saturated carbocycles. The normalized spacial score (nSPS) is 9.53. The molecule has 0 aliphatic heterocycles. The Morgan fingerprint density at radius 2 is 1.67 bits per heavy atom. The number of hydrazine groups is 1. The lowest BCUT2D eigenvalue weighted by Crippen LogP contribution is -2.22. The van der Waals surface area contributed by atoms with Crippen LogP contribution in [0.5, 0.6) is 0 Å². The number of hydrogen-bond donors (Lipinski definition) is 2. The summed E-state index contributed by atoms with van der Waals surface area (Å²) in [6, 6.07) is 8.49. The summed E-state index contributed by atoms with van der Waals surface area (Å²) in [5.41, 5.74) is 5.13. The number of benzene rings is 1. The maximum absolute atomic E-state index is 5.25. The molecule has 0 unspecified atom stereocenters. The third-order valence-corrected chi connectivity index (χ3v) is 2.37. The minimum Gasteiger partial charge on any atom is -0.372 e. The van der Waals surface area contributed by atoms with Crippen molar-refractivity contribution in [2.24, 2.45) is 5.84 Å². The first-order valence-electron chi connectivity index (χ1n) is 5.09. The molecule has 4 heteroatoms. The van der Waals surface area contributed by atoms with Crippen molar-refractivity contribution in [2.75, 3.05) is 18.0 Å². The van der Waals surface area contributed by atoms with Crippen LogP contribution in [0, 0.1) is 0 Å². The predicted octanol–water partition coefficient (Wildman–Crippen LogP) is 1.92. The number of nitrogens with two attached hydrogens (primary N) is 1. The Kier molecular flexibility index (Phi) is 7.13. The zero-order valence-electron chi connectivity index (χ0n) is 9.36. The summed E-state index contributed by atoms with van der Waals surface area (Å²) in [5.74, 6) is 5.25. The molecule has 86 valence electrons. The zero-order valence-corrected chi connectivity index (χ0v) is 10.2. The van der Waals surface area contributed by atoms with Crippen molar-refractivity contribution in [1.29, 1.82) is 0 Å². The number of hydrogen-bond acceptors (Lipinski definition) is 3. The molecular formula is C11H20ClN3. The second kappa shape index (κ2) is 7.51. The summed E-state index contributed by atoms with van der Waals surface area (Å²) in [6.07, 6.45) is 0. The van der Waals surface area contributed by atoms with E-state index in [4.69, 9.17) is 5.84 Å². The average Bonchev–Trinajstić information content (AvgIpc) is 2.23. The lowest BCUT2D eigenvalue weighted by Gasteiger charge is -2.21. The van der Waals surface area contributed by atoms with Crippen LogP contribution >= 0.6 is 12.4 Å². The third-order valence-electron chi connectivity index (χ3n) is 2.37. The van der Waals surface area contributed by atoms with Gasteiger partial charge in [-0.05, 0) is 31.5 Å². The average molecular weight is 230 g/mol. The smallest absolute Gasteiger partial charge is 0.0366 e. The molecule has 0 saturated heterocycles. The van der Waals surface area contributed by atoms with Gasteiger partial charge < -0.3 is 4.90 Å². The maximum Gasteiger partial charge on any atom is 0.0366 e. The first-order valence-corrected chi connectivity index (χ1v) is 5.09. The first kappa shape index (κ1) is 14.2. The van der Waals surface area contributed by atoms with Gasteiger partial charge in [-0.3, -0.25) is 11.3 Å². The van der Waals surface area contributed by atoms with Gasteiger partial charge in [0.1, 0.15) is 0 Å². The van der Waals surface area contributed by atoms with Crippen LogP contribution in [0.4, 0.5) is 5.69 Å². The van der Waals surface area contributed by atoms with E-state index in [9.17, 15) is 0 Å². The molecule has 0 fully saturated rings. The van der Waals surface area contributed by atoms with Gasteiger partial charge in [0.05, 0.1) is 0 Å². The second-order valence-corrected chi connectivity index (χ2v) is 3.22. The van der Waals surface area contributed by atoms with Crippen LogP contribution in [0.3, 0.4) is 0 Å². The Morgan fingerprint density at radius 3 is 2.07 bits per heavy atom. The standard InChI is InChI=1S/C11H19N3.ClH/c1-3-14(4-2)11-7-5-10(6-8-11)9-13-12;/h5-8,13H,3-4,9,12H2,1-2H3;1H. The van der Waals surface area contributed by atoms with Gasteiger partial charge in [0.25, 0.3) is 0 Å². The Hall–Kier alpha value is -0.770. The molecule has 3 N–H and O–H groups in total. The van der Waals surface area contributed by atoms with Crippen molar-refractivity contribution < 1.29 is 0 Å². The highest BCUT2D eigenvalue weighted by atomic mass is 35.5. The van der Waals surface area contributed by atoms with E-state index >= 15 is 0 Å². The van der Waals surface area contributed by atoms with Crippen LogP contribution in [-0.2, 0) is 6.54 Å². The number of anilines is 1. The quantitative estimate of drug-likeness (QED) is 0.599.